The van der Waals surface area contributed by atoms with Crippen molar-refractivity contribution in [1.29, 1.82) is 0 Å². The highest BCUT2D eigenvalue weighted by atomic mass is 35.5. The number of rotatable bonds is 3. The number of aromatic nitrogens is 2. The maximum absolute atomic E-state index is 10.9. The van der Waals surface area contributed by atoms with Crippen molar-refractivity contribution < 1.29 is 4.92 Å². The van der Waals surface area contributed by atoms with E-state index >= 15 is 0 Å². The van der Waals surface area contributed by atoms with Crippen molar-refractivity contribution in [2.24, 2.45) is 0 Å². The molecule has 7 heteroatoms. The molecule has 0 aliphatic carbocycles. The molecule has 0 saturated heterocycles. The summed E-state index contributed by atoms with van der Waals surface area (Å²) in [4.78, 5) is 10.4. The van der Waals surface area contributed by atoms with Gasteiger partial charge in [-0.3, -0.25) is 10.1 Å². The molecule has 0 spiro atoms. The van der Waals surface area contributed by atoms with Crippen LogP contribution in [-0.4, -0.2) is 14.7 Å². The third-order valence-corrected chi connectivity index (χ3v) is 3.24. The molecule has 2 rings (SSSR count). The molecular formula is C12H13ClN4O2. The number of nitrogens with two attached hydrogens (primary N) is 1. The van der Waals surface area contributed by atoms with E-state index in [9.17, 15) is 10.1 Å². The molecule has 6 nitrogen and oxygen atoms in total. The van der Waals surface area contributed by atoms with Crippen molar-refractivity contribution in [2.45, 2.75) is 19.9 Å². The van der Waals surface area contributed by atoms with Gasteiger partial charge in [0.2, 0.25) is 5.82 Å². The maximum atomic E-state index is 10.9. The average molecular weight is 281 g/mol. The molecule has 1 atom stereocenters. The summed E-state index contributed by atoms with van der Waals surface area (Å²) in [5, 5.41) is 15.7. The minimum atomic E-state index is -0.511. The van der Waals surface area contributed by atoms with E-state index in [0.29, 0.717) is 10.7 Å². The van der Waals surface area contributed by atoms with Gasteiger partial charge in [-0.15, -0.1) is 0 Å². The molecule has 19 heavy (non-hydrogen) atoms. The van der Waals surface area contributed by atoms with Crippen LogP contribution in [-0.2, 0) is 0 Å². The van der Waals surface area contributed by atoms with Gasteiger partial charge in [0.15, 0.2) is 0 Å². The predicted octanol–water partition coefficient (Wildman–Crippen LogP) is 2.94. The second-order valence-corrected chi connectivity index (χ2v) is 4.68. The van der Waals surface area contributed by atoms with Gasteiger partial charge in [-0.05, 0) is 31.5 Å². The van der Waals surface area contributed by atoms with E-state index in [1.165, 1.54) is 4.68 Å². The van der Waals surface area contributed by atoms with Crippen LogP contribution in [0.1, 0.15) is 24.2 Å². The number of aryl methyl sites for hydroxylation is 1. The van der Waals surface area contributed by atoms with Gasteiger partial charge in [-0.2, -0.15) is 5.10 Å². The number of nitrogen functional groups attached to an aromatic ring is 1. The third-order valence-electron chi connectivity index (χ3n) is 2.99. The standard InChI is InChI=1S/C12H13ClN4O2/c1-7-11(17(18)19)12(14)16(15-7)8(2)9-3-5-10(13)6-4-9/h3-6,8H,14H2,1-2H3. The van der Waals surface area contributed by atoms with Crippen LogP contribution in [0, 0.1) is 17.0 Å². The molecule has 0 fully saturated rings. The molecule has 0 aliphatic heterocycles. The summed E-state index contributed by atoms with van der Waals surface area (Å²) in [5.41, 5.74) is 6.90. The summed E-state index contributed by atoms with van der Waals surface area (Å²) < 4.78 is 1.46. The van der Waals surface area contributed by atoms with E-state index in [-0.39, 0.29) is 17.5 Å². The summed E-state index contributed by atoms with van der Waals surface area (Å²) in [6.45, 7) is 3.44. The molecule has 100 valence electrons. The Balaban J connectivity index is 2.45. The second-order valence-electron chi connectivity index (χ2n) is 4.25. The summed E-state index contributed by atoms with van der Waals surface area (Å²) in [6, 6.07) is 7.00. The fraction of sp³-hybridized carbons (Fsp3) is 0.250. The van der Waals surface area contributed by atoms with Gasteiger partial charge in [0.25, 0.3) is 0 Å². The predicted molar refractivity (Wildman–Crippen MR) is 73.3 cm³/mol. The number of benzene rings is 1. The number of hydrogen-bond donors (Lipinski definition) is 1. The van der Waals surface area contributed by atoms with E-state index < -0.39 is 4.92 Å². The highest BCUT2D eigenvalue weighted by molar-refractivity contribution is 6.30. The third kappa shape index (κ3) is 2.39. The molecule has 1 heterocycles. The largest absolute Gasteiger partial charge is 0.378 e. The Bertz CT molecular complexity index is 621. The second kappa shape index (κ2) is 4.89. The number of anilines is 1. The fourth-order valence-corrected chi connectivity index (χ4v) is 2.09. The first-order chi connectivity index (χ1) is 8.91. The minimum Gasteiger partial charge on any atom is -0.378 e. The van der Waals surface area contributed by atoms with Gasteiger partial charge in [0, 0.05) is 5.02 Å². The highest BCUT2D eigenvalue weighted by Gasteiger charge is 2.25. The molecule has 0 saturated carbocycles. The number of nitro groups is 1. The monoisotopic (exact) mass is 280 g/mol. The van der Waals surface area contributed by atoms with Crippen molar-refractivity contribution in [2.75, 3.05) is 5.73 Å². The van der Waals surface area contributed by atoms with Crippen LogP contribution in [0.4, 0.5) is 11.5 Å². The van der Waals surface area contributed by atoms with E-state index in [0.717, 1.165) is 5.56 Å². The molecule has 2 aromatic rings. The van der Waals surface area contributed by atoms with Crippen LogP contribution in [0.3, 0.4) is 0 Å². The van der Waals surface area contributed by atoms with Crippen LogP contribution in [0.5, 0.6) is 0 Å². The summed E-state index contributed by atoms with van der Waals surface area (Å²) in [7, 11) is 0. The maximum Gasteiger partial charge on any atom is 0.333 e. The summed E-state index contributed by atoms with van der Waals surface area (Å²) in [6.07, 6.45) is 0. The van der Waals surface area contributed by atoms with Crippen LogP contribution in [0.2, 0.25) is 5.02 Å². The first-order valence-corrected chi connectivity index (χ1v) is 6.04. The normalized spacial score (nSPS) is 12.4. The van der Waals surface area contributed by atoms with Gasteiger partial charge in [-0.25, -0.2) is 4.68 Å². The Morgan fingerprint density at radius 3 is 2.47 bits per heavy atom. The molecule has 1 unspecified atom stereocenters. The highest BCUT2D eigenvalue weighted by Crippen LogP contribution is 2.30. The molecule has 2 N–H and O–H groups in total. The quantitative estimate of drug-likeness (QED) is 0.691. The fourth-order valence-electron chi connectivity index (χ4n) is 1.96. The molecule has 1 aromatic carbocycles. The summed E-state index contributed by atoms with van der Waals surface area (Å²) >= 11 is 5.83. The zero-order chi connectivity index (χ0) is 14.2. The Morgan fingerprint density at radius 2 is 2.00 bits per heavy atom. The first-order valence-electron chi connectivity index (χ1n) is 5.66. The van der Waals surface area contributed by atoms with Gasteiger partial charge in [-0.1, -0.05) is 23.7 Å². The lowest BCUT2D eigenvalue weighted by Gasteiger charge is -2.13. The van der Waals surface area contributed by atoms with Crippen LogP contribution in [0.25, 0.3) is 0 Å². The van der Waals surface area contributed by atoms with E-state index in [2.05, 4.69) is 5.10 Å². The number of halogens is 1. The lowest BCUT2D eigenvalue weighted by atomic mass is 10.1. The van der Waals surface area contributed by atoms with Gasteiger partial charge in [0.05, 0.1) is 11.0 Å². The number of nitrogens with zero attached hydrogens (tertiary/aromatic N) is 3. The molecule has 1 aromatic heterocycles. The Morgan fingerprint density at radius 1 is 1.42 bits per heavy atom. The van der Waals surface area contributed by atoms with Crippen molar-refractivity contribution >= 4 is 23.1 Å². The van der Waals surface area contributed by atoms with Gasteiger partial charge in [0.1, 0.15) is 5.69 Å². The zero-order valence-electron chi connectivity index (χ0n) is 10.5. The van der Waals surface area contributed by atoms with Crippen LogP contribution in [0.15, 0.2) is 24.3 Å². The zero-order valence-corrected chi connectivity index (χ0v) is 11.3. The van der Waals surface area contributed by atoms with Crippen LogP contribution >= 0.6 is 11.6 Å². The SMILES string of the molecule is Cc1nn(C(C)c2ccc(Cl)cc2)c(N)c1[N+](=O)[O-]. The van der Waals surface area contributed by atoms with Crippen LogP contribution < -0.4 is 5.73 Å². The molecule has 0 amide bonds. The average Bonchev–Trinajstić information content (AvgIpc) is 2.65. The summed E-state index contributed by atoms with van der Waals surface area (Å²) in [5.74, 6) is 0.0601. The first kappa shape index (κ1) is 13.4. The minimum absolute atomic E-state index is 0.0601. The molecular weight excluding hydrogens is 268 g/mol. The Kier molecular flexibility index (Phi) is 3.44. The van der Waals surface area contributed by atoms with Crippen molar-refractivity contribution in [3.8, 4) is 0 Å². The smallest absolute Gasteiger partial charge is 0.333 e. The van der Waals surface area contributed by atoms with Gasteiger partial charge >= 0.3 is 5.69 Å². The van der Waals surface area contributed by atoms with Crippen molar-refractivity contribution in [3.63, 3.8) is 0 Å². The van der Waals surface area contributed by atoms with E-state index in [4.69, 9.17) is 17.3 Å². The molecule has 0 radical (unpaired) electrons. The van der Waals surface area contributed by atoms with E-state index in [1.807, 2.05) is 19.1 Å². The molecule has 0 bridgehead atoms. The topological polar surface area (TPSA) is 87.0 Å². The lowest BCUT2D eigenvalue weighted by Crippen LogP contribution is -2.11. The van der Waals surface area contributed by atoms with E-state index in [1.54, 1.807) is 19.1 Å². The number of hydrogen-bond acceptors (Lipinski definition) is 4. The van der Waals surface area contributed by atoms with Crippen molar-refractivity contribution in [1.82, 2.24) is 9.78 Å². The Labute approximate surface area is 114 Å². The molecule has 0 aliphatic rings. The lowest BCUT2D eigenvalue weighted by molar-refractivity contribution is -0.384. The van der Waals surface area contributed by atoms with Crippen molar-refractivity contribution in [3.05, 3.63) is 50.7 Å². The van der Waals surface area contributed by atoms with Gasteiger partial charge < -0.3 is 5.73 Å². The Hall–Kier alpha value is -2.08.